The van der Waals surface area contributed by atoms with Crippen molar-refractivity contribution in [3.63, 3.8) is 0 Å². The van der Waals surface area contributed by atoms with Gasteiger partial charge in [0.2, 0.25) is 0 Å². The van der Waals surface area contributed by atoms with Gasteiger partial charge in [0.25, 0.3) is 5.69 Å². The molecule has 1 saturated heterocycles. The molecule has 1 aliphatic heterocycles. The van der Waals surface area contributed by atoms with E-state index in [4.69, 9.17) is 17.3 Å². The highest BCUT2D eigenvalue weighted by Crippen LogP contribution is 2.34. The van der Waals surface area contributed by atoms with Crippen LogP contribution in [0.2, 0.25) is 5.02 Å². The van der Waals surface area contributed by atoms with E-state index < -0.39 is 4.92 Å². The molecule has 0 radical (unpaired) electrons. The molecule has 0 aromatic heterocycles. The van der Waals surface area contributed by atoms with Crippen molar-refractivity contribution in [3.8, 4) is 0 Å². The van der Waals surface area contributed by atoms with Gasteiger partial charge in [0.1, 0.15) is 5.02 Å². The summed E-state index contributed by atoms with van der Waals surface area (Å²) in [5, 5.41) is 11.1. The minimum Gasteiger partial charge on any atom is -0.371 e. The van der Waals surface area contributed by atoms with Crippen LogP contribution in [0.3, 0.4) is 0 Å². The van der Waals surface area contributed by atoms with Gasteiger partial charge in [0.15, 0.2) is 0 Å². The number of nitro benzene ring substituents is 1. The first kappa shape index (κ1) is 15.1. The number of rotatable bonds is 3. The van der Waals surface area contributed by atoms with Crippen molar-refractivity contribution in [1.29, 1.82) is 0 Å². The van der Waals surface area contributed by atoms with E-state index in [0.29, 0.717) is 5.92 Å². The standard InChI is InChI=1S/C14H20ClN3O2/c1-3-10-8-17(5-4-12(10)16)13-7-11(15)14(18(19)20)6-9(13)2/h6-7,10,12H,3-5,8,16H2,1-2H3. The zero-order valence-electron chi connectivity index (χ0n) is 11.8. The Hall–Kier alpha value is -1.33. The van der Waals surface area contributed by atoms with E-state index >= 15 is 0 Å². The number of aryl methyl sites for hydroxylation is 1. The Kier molecular flexibility index (Phi) is 4.50. The van der Waals surface area contributed by atoms with Crippen LogP contribution in [0.4, 0.5) is 11.4 Å². The molecule has 110 valence electrons. The van der Waals surface area contributed by atoms with Crippen LogP contribution >= 0.6 is 11.6 Å². The lowest BCUT2D eigenvalue weighted by Crippen LogP contribution is -2.47. The first-order chi connectivity index (χ1) is 9.43. The Morgan fingerprint density at radius 2 is 2.25 bits per heavy atom. The summed E-state index contributed by atoms with van der Waals surface area (Å²) < 4.78 is 0. The maximum absolute atomic E-state index is 10.9. The molecule has 1 aliphatic rings. The van der Waals surface area contributed by atoms with Crippen LogP contribution in [-0.2, 0) is 0 Å². The molecule has 0 spiro atoms. The Labute approximate surface area is 123 Å². The van der Waals surface area contributed by atoms with Crippen molar-refractivity contribution < 1.29 is 4.92 Å². The van der Waals surface area contributed by atoms with Crippen LogP contribution in [0.15, 0.2) is 12.1 Å². The molecular formula is C14H20ClN3O2. The second kappa shape index (κ2) is 5.97. The molecular weight excluding hydrogens is 278 g/mol. The summed E-state index contributed by atoms with van der Waals surface area (Å²) in [4.78, 5) is 12.7. The molecule has 0 bridgehead atoms. The van der Waals surface area contributed by atoms with E-state index in [0.717, 1.165) is 37.2 Å². The van der Waals surface area contributed by atoms with E-state index in [-0.39, 0.29) is 16.8 Å². The van der Waals surface area contributed by atoms with Gasteiger partial charge in [-0.25, -0.2) is 0 Å². The van der Waals surface area contributed by atoms with E-state index in [1.807, 2.05) is 6.92 Å². The number of halogens is 1. The van der Waals surface area contributed by atoms with E-state index in [1.54, 1.807) is 12.1 Å². The van der Waals surface area contributed by atoms with Crippen LogP contribution in [0.5, 0.6) is 0 Å². The van der Waals surface area contributed by atoms with E-state index in [9.17, 15) is 10.1 Å². The van der Waals surface area contributed by atoms with Gasteiger partial charge in [-0.2, -0.15) is 0 Å². The van der Waals surface area contributed by atoms with Crippen molar-refractivity contribution in [2.45, 2.75) is 32.7 Å². The second-order valence-corrected chi connectivity index (χ2v) is 5.82. The number of benzene rings is 1. The molecule has 1 fully saturated rings. The summed E-state index contributed by atoms with van der Waals surface area (Å²) >= 11 is 6.02. The third-order valence-electron chi connectivity index (χ3n) is 4.12. The summed E-state index contributed by atoms with van der Waals surface area (Å²) in [6.07, 6.45) is 1.98. The number of nitrogens with two attached hydrogens (primary N) is 1. The topological polar surface area (TPSA) is 72.4 Å². The fraction of sp³-hybridized carbons (Fsp3) is 0.571. The molecule has 20 heavy (non-hydrogen) atoms. The second-order valence-electron chi connectivity index (χ2n) is 5.41. The van der Waals surface area contributed by atoms with Crippen molar-refractivity contribution in [2.24, 2.45) is 11.7 Å². The summed E-state index contributed by atoms with van der Waals surface area (Å²) in [7, 11) is 0. The fourth-order valence-corrected chi connectivity index (χ4v) is 3.06. The molecule has 0 amide bonds. The van der Waals surface area contributed by atoms with Crippen LogP contribution in [0.25, 0.3) is 0 Å². The average molecular weight is 298 g/mol. The predicted molar refractivity (Wildman–Crippen MR) is 81.4 cm³/mol. The van der Waals surface area contributed by atoms with E-state index in [1.165, 1.54) is 0 Å². The van der Waals surface area contributed by atoms with Crippen LogP contribution in [0.1, 0.15) is 25.3 Å². The predicted octanol–water partition coefficient (Wildman–Crippen LogP) is 3.12. The summed E-state index contributed by atoms with van der Waals surface area (Å²) in [5.41, 5.74) is 7.94. The highest BCUT2D eigenvalue weighted by molar-refractivity contribution is 6.33. The normalized spacial score (nSPS) is 22.9. The lowest BCUT2D eigenvalue weighted by molar-refractivity contribution is -0.384. The average Bonchev–Trinajstić information content (AvgIpc) is 2.41. The first-order valence-electron chi connectivity index (χ1n) is 6.89. The molecule has 5 nitrogen and oxygen atoms in total. The maximum atomic E-state index is 10.9. The molecule has 0 saturated carbocycles. The molecule has 2 atom stereocenters. The van der Waals surface area contributed by atoms with Gasteiger partial charge < -0.3 is 10.6 Å². The van der Waals surface area contributed by atoms with Gasteiger partial charge in [0, 0.05) is 30.9 Å². The molecule has 2 N–H and O–H groups in total. The molecule has 0 aliphatic carbocycles. The monoisotopic (exact) mass is 297 g/mol. The summed E-state index contributed by atoms with van der Waals surface area (Å²) in [6.45, 7) is 5.77. The van der Waals surface area contributed by atoms with Gasteiger partial charge >= 0.3 is 0 Å². The minimum absolute atomic E-state index is 0.0336. The summed E-state index contributed by atoms with van der Waals surface area (Å²) in [5.74, 6) is 0.456. The van der Waals surface area contributed by atoms with Crippen LogP contribution < -0.4 is 10.6 Å². The smallest absolute Gasteiger partial charge is 0.288 e. The Morgan fingerprint density at radius 3 is 2.85 bits per heavy atom. The molecule has 2 rings (SSSR count). The zero-order chi connectivity index (χ0) is 14.9. The van der Waals surface area contributed by atoms with Crippen molar-refractivity contribution >= 4 is 23.0 Å². The number of hydrogen-bond acceptors (Lipinski definition) is 4. The van der Waals surface area contributed by atoms with Crippen molar-refractivity contribution in [1.82, 2.24) is 0 Å². The van der Waals surface area contributed by atoms with Crippen LogP contribution in [0, 0.1) is 23.0 Å². The molecule has 2 unspecified atom stereocenters. The first-order valence-corrected chi connectivity index (χ1v) is 7.26. The van der Waals surface area contributed by atoms with Crippen molar-refractivity contribution in [2.75, 3.05) is 18.0 Å². The van der Waals surface area contributed by atoms with Crippen molar-refractivity contribution in [3.05, 3.63) is 32.8 Å². The lowest BCUT2D eigenvalue weighted by Gasteiger charge is -2.38. The van der Waals surface area contributed by atoms with E-state index in [2.05, 4.69) is 11.8 Å². The maximum Gasteiger partial charge on any atom is 0.288 e. The molecule has 6 heteroatoms. The minimum atomic E-state index is -0.444. The lowest BCUT2D eigenvalue weighted by atomic mass is 9.90. The number of hydrogen-bond donors (Lipinski definition) is 1. The quantitative estimate of drug-likeness (QED) is 0.687. The molecule has 1 aromatic rings. The highest BCUT2D eigenvalue weighted by Gasteiger charge is 2.27. The SMILES string of the molecule is CCC1CN(c2cc(Cl)c([N+](=O)[O-])cc2C)CCC1N. The number of piperidine rings is 1. The van der Waals surface area contributed by atoms with Gasteiger partial charge in [-0.15, -0.1) is 0 Å². The molecule has 1 heterocycles. The number of nitrogens with zero attached hydrogens (tertiary/aromatic N) is 2. The third-order valence-corrected chi connectivity index (χ3v) is 4.42. The zero-order valence-corrected chi connectivity index (χ0v) is 12.6. The van der Waals surface area contributed by atoms with Gasteiger partial charge in [0.05, 0.1) is 4.92 Å². The van der Waals surface area contributed by atoms with Gasteiger partial charge in [-0.05, 0) is 30.9 Å². The fourth-order valence-electron chi connectivity index (χ4n) is 2.84. The largest absolute Gasteiger partial charge is 0.371 e. The third kappa shape index (κ3) is 2.88. The Morgan fingerprint density at radius 1 is 1.55 bits per heavy atom. The summed E-state index contributed by atoms with van der Waals surface area (Å²) in [6, 6.07) is 3.50. The van der Waals surface area contributed by atoms with Gasteiger partial charge in [-0.1, -0.05) is 24.9 Å². The Balaban J connectivity index is 2.29. The van der Waals surface area contributed by atoms with Gasteiger partial charge in [-0.3, -0.25) is 10.1 Å². The number of nitro groups is 1. The van der Waals surface area contributed by atoms with Crippen LogP contribution in [-0.4, -0.2) is 24.1 Å². The number of anilines is 1. The molecule has 1 aromatic carbocycles. The Bertz CT molecular complexity index is 521. The highest BCUT2D eigenvalue weighted by atomic mass is 35.5.